The molecule has 0 aliphatic carbocycles. The fourth-order valence-electron chi connectivity index (χ4n) is 2.47. The molecule has 0 spiro atoms. The minimum Gasteiger partial charge on any atom is -0.355 e. The molecule has 3 aromatic rings. The maximum Gasteiger partial charge on any atom is 0.274 e. The van der Waals surface area contributed by atoms with Crippen LogP contribution >= 0.6 is 0 Å². The van der Waals surface area contributed by atoms with Gasteiger partial charge in [0.25, 0.3) is 5.91 Å². The number of amides is 1. The van der Waals surface area contributed by atoms with E-state index in [4.69, 9.17) is 0 Å². The molecule has 1 amide bonds. The number of pyridine rings is 1. The molecule has 26 heavy (non-hydrogen) atoms. The minimum absolute atomic E-state index is 0.0444. The lowest BCUT2D eigenvalue weighted by Crippen LogP contribution is -2.16. The van der Waals surface area contributed by atoms with E-state index < -0.39 is 23.2 Å². The fourth-order valence-corrected chi connectivity index (χ4v) is 2.47. The molecule has 0 unspecified atom stereocenters. The Balaban J connectivity index is 1.83. The van der Waals surface area contributed by atoms with E-state index in [0.29, 0.717) is 5.69 Å². The molecule has 1 heterocycles. The van der Waals surface area contributed by atoms with Gasteiger partial charge in [-0.25, -0.2) is 8.78 Å². The summed E-state index contributed by atoms with van der Waals surface area (Å²) in [5.41, 5.74) is 3.33. The van der Waals surface area contributed by atoms with Gasteiger partial charge in [-0.2, -0.15) is 0 Å². The molecule has 0 bridgehead atoms. The van der Waals surface area contributed by atoms with Gasteiger partial charge in [0.2, 0.25) is 0 Å². The van der Waals surface area contributed by atoms with E-state index in [1.165, 1.54) is 18.3 Å². The molecule has 6 heteroatoms. The van der Waals surface area contributed by atoms with E-state index in [2.05, 4.69) is 15.6 Å². The lowest BCUT2D eigenvalue weighted by molar-refractivity contribution is 0.102. The molecule has 3 rings (SSSR count). The highest BCUT2D eigenvalue weighted by Gasteiger charge is 2.15. The summed E-state index contributed by atoms with van der Waals surface area (Å²) in [4.78, 5) is 16.3. The van der Waals surface area contributed by atoms with Crippen LogP contribution in [0.4, 0.5) is 25.8 Å². The lowest BCUT2D eigenvalue weighted by Gasteiger charge is -2.12. The molecule has 0 saturated carbocycles. The van der Waals surface area contributed by atoms with E-state index in [-0.39, 0.29) is 5.69 Å². The van der Waals surface area contributed by atoms with E-state index in [0.717, 1.165) is 28.9 Å². The number of rotatable bonds is 4. The zero-order chi connectivity index (χ0) is 18.7. The number of aromatic nitrogens is 1. The van der Waals surface area contributed by atoms with Gasteiger partial charge in [0.15, 0.2) is 0 Å². The van der Waals surface area contributed by atoms with Crippen molar-refractivity contribution in [2.45, 2.75) is 13.8 Å². The Morgan fingerprint density at radius 3 is 2.42 bits per heavy atom. The van der Waals surface area contributed by atoms with Crippen molar-refractivity contribution in [2.75, 3.05) is 10.6 Å². The first kappa shape index (κ1) is 17.5. The van der Waals surface area contributed by atoms with Crippen LogP contribution in [0.3, 0.4) is 0 Å². The molecule has 1 aromatic heterocycles. The van der Waals surface area contributed by atoms with Crippen molar-refractivity contribution in [2.24, 2.45) is 0 Å². The van der Waals surface area contributed by atoms with Crippen LogP contribution in [0, 0.1) is 25.5 Å². The Bertz CT molecular complexity index is 953. The van der Waals surface area contributed by atoms with Crippen LogP contribution in [0.15, 0.2) is 54.7 Å². The van der Waals surface area contributed by atoms with Gasteiger partial charge in [-0.1, -0.05) is 18.2 Å². The average molecular weight is 353 g/mol. The van der Waals surface area contributed by atoms with Crippen molar-refractivity contribution >= 4 is 23.0 Å². The Hall–Kier alpha value is -3.28. The lowest BCUT2D eigenvalue weighted by atomic mass is 10.1. The first-order valence-corrected chi connectivity index (χ1v) is 8.00. The molecule has 2 aromatic carbocycles. The van der Waals surface area contributed by atoms with Crippen LogP contribution in [-0.4, -0.2) is 10.9 Å². The second kappa shape index (κ2) is 7.31. The van der Waals surface area contributed by atoms with E-state index in [1.807, 2.05) is 32.0 Å². The van der Waals surface area contributed by atoms with Gasteiger partial charge in [-0.15, -0.1) is 0 Å². The molecule has 132 valence electrons. The third kappa shape index (κ3) is 3.69. The second-order valence-electron chi connectivity index (χ2n) is 5.85. The first-order valence-electron chi connectivity index (χ1n) is 8.00. The zero-order valence-electron chi connectivity index (χ0n) is 14.3. The number of halogens is 2. The number of aryl methyl sites for hydroxylation is 1. The molecule has 4 nitrogen and oxygen atoms in total. The van der Waals surface area contributed by atoms with Gasteiger partial charge in [-0.3, -0.25) is 9.78 Å². The highest BCUT2D eigenvalue weighted by Crippen LogP contribution is 2.23. The summed E-state index contributed by atoms with van der Waals surface area (Å²) >= 11 is 0. The maximum atomic E-state index is 13.7. The summed E-state index contributed by atoms with van der Waals surface area (Å²) in [6, 6.07) is 12.5. The number of nitrogens with one attached hydrogen (secondary N) is 2. The SMILES string of the molecule is Cc1cccc(Nc2ccnc(C(=O)Nc3c(F)cccc3F)c2)c1C. The third-order valence-corrected chi connectivity index (χ3v) is 4.08. The van der Waals surface area contributed by atoms with Crippen LogP contribution in [0.5, 0.6) is 0 Å². The highest BCUT2D eigenvalue weighted by molar-refractivity contribution is 6.03. The topological polar surface area (TPSA) is 54.0 Å². The smallest absolute Gasteiger partial charge is 0.274 e. The third-order valence-electron chi connectivity index (χ3n) is 4.08. The van der Waals surface area contributed by atoms with Gasteiger partial charge >= 0.3 is 0 Å². The molecule has 0 saturated heterocycles. The summed E-state index contributed by atoms with van der Waals surface area (Å²) in [7, 11) is 0. The summed E-state index contributed by atoms with van der Waals surface area (Å²) in [5, 5.41) is 5.45. The number of hydrogen-bond donors (Lipinski definition) is 2. The van der Waals surface area contributed by atoms with Crippen molar-refractivity contribution in [3.8, 4) is 0 Å². The van der Waals surface area contributed by atoms with Crippen LogP contribution in [-0.2, 0) is 0 Å². The molecule has 0 fully saturated rings. The average Bonchev–Trinajstić information content (AvgIpc) is 2.62. The van der Waals surface area contributed by atoms with Gasteiger partial charge in [0.05, 0.1) is 0 Å². The monoisotopic (exact) mass is 353 g/mol. The van der Waals surface area contributed by atoms with Crippen LogP contribution in [0.1, 0.15) is 21.6 Å². The standard InChI is InChI=1S/C20H17F2N3O/c1-12-5-3-8-17(13(12)2)24-14-9-10-23-18(11-14)20(26)25-19-15(21)6-4-7-16(19)22/h3-11H,1-2H3,(H,23,24)(H,25,26). The molecule has 0 aliphatic heterocycles. The Kier molecular flexibility index (Phi) is 4.93. The number of carbonyl (C=O) groups excluding carboxylic acids is 1. The normalized spacial score (nSPS) is 10.5. The Labute approximate surface area is 149 Å². The van der Waals surface area contributed by atoms with E-state index in [1.54, 1.807) is 6.07 Å². The number of nitrogens with zero attached hydrogens (tertiary/aromatic N) is 1. The van der Waals surface area contributed by atoms with Crippen molar-refractivity contribution in [3.63, 3.8) is 0 Å². The number of hydrogen-bond acceptors (Lipinski definition) is 3. The Morgan fingerprint density at radius 1 is 1.00 bits per heavy atom. The highest BCUT2D eigenvalue weighted by atomic mass is 19.1. The molecule has 0 radical (unpaired) electrons. The Morgan fingerprint density at radius 2 is 1.69 bits per heavy atom. The van der Waals surface area contributed by atoms with Gasteiger partial charge in [0, 0.05) is 17.6 Å². The molecular formula is C20H17F2N3O. The molecule has 2 N–H and O–H groups in total. The molecule has 0 atom stereocenters. The molecular weight excluding hydrogens is 336 g/mol. The van der Waals surface area contributed by atoms with E-state index in [9.17, 15) is 13.6 Å². The summed E-state index contributed by atoms with van der Waals surface area (Å²) in [6.45, 7) is 4.00. The van der Waals surface area contributed by atoms with Gasteiger partial charge < -0.3 is 10.6 Å². The van der Waals surface area contributed by atoms with Crippen LogP contribution < -0.4 is 10.6 Å². The zero-order valence-corrected chi connectivity index (χ0v) is 14.3. The van der Waals surface area contributed by atoms with E-state index >= 15 is 0 Å². The van der Waals surface area contributed by atoms with Gasteiger partial charge in [0.1, 0.15) is 23.0 Å². The van der Waals surface area contributed by atoms with Crippen molar-refractivity contribution in [3.05, 3.63) is 83.2 Å². The summed E-state index contributed by atoms with van der Waals surface area (Å²) in [6.07, 6.45) is 1.46. The van der Waals surface area contributed by atoms with Crippen molar-refractivity contribution < 1.29 is 13.6 Å². The number of para-hydroxylation sites is 1. The predicted molar refractivity (Wildman–Crippen MR) is 97.7 cm³/mol. The van der Waals surface area contributed by atoms with Crippen molar-refractivity contribution in [1.29, 1.82) is 0 Å². The minimum atomic E-state index is -0.844. The maximum absolute atomic E-state index is 13.7. The number of anilines is 3. The van der Waals surface area contributed by atoms with Gasteiger partial charge in [-0.05, 0) is 55.3 Å². The molecule has 0 aliphatic rings. The fraction of sp³-hybridized carbons (Fsp3) is 0.100. The van der Waals surface area contributed by atoms with Crippen LogP contribution in [0.25, 0.3) is 0 Å². The number of carbonyl (C=O) groups is 1. The number of benzene rings is 2. The second-order valence-corrected chi connectivity index (χ2v) is 5.85. The predicted octanol–water partition coefficient (Wildman–Crippen LogP) is 4.97. The van der Waals surface area contributed by atoms with Crippen molar-refractivity contribution in [1.82, 2.24) is 4.98 Å². The van der Waals surface area contributed by atoms with Crippen LogP contribution in [0.2, 0.25) is 0 Å². The summed E-state index contributed by atoms with van der Waals surface area (Å²) < 4.78 is 27.4. The first-order chi connectivity index (χ1) is 12.5. The quantitative estimate of drug-likeness (QED) is 0.696. The largest absolute Gasteiger partial charge is 0.355 e. The summed E-state index contributed by atoms with van der Waals surface area (Å²) in [5.74, 6) is -2.38.